The van der Waals surface area contributed by atoms with E-state index in [4.69, 9.17) is 12.2 Å². The van der Waals surface area contributed by atoms with Crippen LogP contribution in [0.2, 0.25) is 0 Å². The second-order valence-corrected chi connectivity index (χ2v) is 8.89. The predicted molar refractivity (Wildman–Crippen MR) is 128 cm³/mol. The van der Waals surface area contributed by atoms with Gasteiger partial charge in [-0.1, -0.05) is 30.7 Å². The van der Waals surface area contributed by atoms with E-state index in [-0.39, 0.29) is 11.2 Å². The average Bonchev–Trinajstić information content (AvgIpc) is 3.21. The molecule has 0 bridgehead atoms. The number of benzene rings is 2. The maximum Gasteiger partial charge on any atom is 0.239 e. The summed E-state index contributed by atoms with van der Waals surface area (Å²) in [5.41, 5.74) is 3.00. The first-order chi connectivity index (χ1) is 14.0. The van der Waals surface area contributed by atoms with Gasteiger partial charge in [-0.3, -0.25) is 4.79 Å². The Kier molecular flexibility index (Phi) is 7.62. The summed E-state index contributed by atoms with van der Waals surface area (Å²) in [4.78, 5) is 17.6. The molecule has 150 valence electrons. The number of aromatic nitrogens is 1. The number of hydrogen-bond donors (Lipinski definition) is 3. The highest BCUT2D eigenvalue weighted by molar-refractivity contribution is 8.00. The Morgan fingerprint density at radius 1 is 1.14 bits per heavy atom. The van der Waals surface area contributed by atoms with Crippen molar-refractivity contribution in [2.75, 3.05) is 16.0 Å². The van der Waals surface area contributed by atoms with E-state index >= 15 is 0 Å². The Labute approximate surface area is 184 Å². The van der Waals surface area contributed by atoms with Crippen LogP contribution in [0.4, 0.5) is 16.5 Å². The summed E-state index contributed by atoms with van der Waals surface area (Å²) in [7, 11) is 0. The molecule has 8 heteroatoms. The minimum atomic E-state index is -0.202. The van der Waals surface area contributed by atoms with E-state index in [1.807, 2.05) is 67.8 Å². The van der Waals surface area contributed by atoms with Crippen LogP contribution in [0, 0.1) is 6.92 Å². The van der Waals surface area contributed by atoms with Crippen LogP contribution >= 0.6 is 35.3 Å². The van der Waals surface area contributed by atoms with E-state index in [9.17, 15) is 4.79 Å². The van der Waals surface area contributed by atoms with Crippen molar-refractivity contribution in [1.29, 1.82) is 0 Å². The van der Waals surface area contributed by atoms with E-state index in [1.165, 1.54) is 28.7 Å². The van der Waals surface area contributed by atoms with Gasteiger partial charge in [0.05, 0.1) is 5.25 Å². The van der Waals surface area contributed by atoms with Crippen molar-refractivity contribution in [3.63, 3.8) is 0 Å². The highest BCUT2D eigenvalue weighted by Crippen LogP contribution is 2.29. The second-order valence-electron chi connectivity index (χ2n) is 6.31. The number of carbonyl (C=O) groups excluding carboxylic acids is 1. The third-order valence-corrected chi connectivity index (χ3v) is 6.26. The molecule has 3 N–H and O–H groups in total. The van der Waals surface area contributed by atoms with Gasteiger partial charge in [-0.05, 0) is 55.9 Å². The van der Waals surface area contributed by atoms with Crippen molar-refractivity contribution in [3.05, 3.63) is 65.7 Å². The van der Waals surface area contributed by atoms with Gasteiger partial charge in [0.2, 0.25) is 5.91 Å². The molecular weight excluding hydrogens is 420 g/mol. The molecule has 3 rings (SSSR count). The summed E-state index contributed by atoms with van der Waals surface area (Å²) < 4.78 is 0. The van der Waals surface area contributed by atoms with Gasteiger partial charge >= 0.3 is 0 Å². The topological polar surface area (TPSA) is 66.0 Å². The fraction of sp³-hybridized carbons (Fsp3) is 0.190. The molecule has 1 aromatic heterocycles. The first-order valence-corrected chi connectivity index (χ1v) is 11.3. The number of anilines is 3. The van der Waals surface area contributed by atoms with Gasteiger partial charge in [-0.2, -0.15) is 0 Å². The van der Waals surface area contributed by atoms with Crippen LogP contribution < -0.4 is 16.0 Å². The summed E-state index contributed by atoms with van der Waals surface area (Å²) in [6, 6.07) is 15.9. The van der Waals surface area contributed by atoms with Gasteiger partial charge < -0.3 is 16.0 Å². The van der Waals surface area contributed by atoms with E-state index < -0.39 is 0 Å². The van der Waals surface area contributed by atoms with E-state index in [0.29, 0.717) is 16.7 Å². The first kappa shape index (κ1) is 21.3. The first-order valence-electron chi connectivity index (χ1n) is 9.15. The van der Waals surface area contributed by atoms with Crippen LogP contribution in [-0.4, -0.2) is 21.3 Å². The number of carbonyl (C=O) groups is 1. The lowest BCUT2D eigenvalue weighted by atomic mass is 10.2. The number of rotatable bonds is 7. The molecule has 29 heavy (non-hydrogen) atoms. The summed E-state index contributed by atoms with van der Waals surface area (Å²) in [6.45, 7) is 4.05. The normalized spacial score (nSPS) is 11.5. The van der Waals surface area contributed by atoms with Crippen LogP contribution in [0.15, 0.2) is 65.0 Å². The Bertz CT molecular complexity index is 958. The van der Waals surface area contributed by atoms with Gasteiger partial charge in [-0.15, -0.1) is 23.1 Å². The van der Waals surface area contributed by atoms with Crippen molar-refractivity contribution in [3.8, 4) is 0 Å². The number of nitrogens with zero attached hydrogens (tertiary/aromatic N) is 1. The zero-order chi connectivity index (χ0) is 20.6. The number of nitrogens with one attached hydrogen (secondary N) is 3. The molecule has 1 unspecified atom stereocenters. The predicted octanol–water partition coefficient (Wildman–Crippen LogP) is 5.77. The lowest BCUT2D eigenvalue weighted by Crippen LogP contribution is -2.24. The quantitative estimate of drug-likeness (QED) is 0.319. The molecule has 0 aliphatic heterocycles. The van der Waals surface area contributed by atoms with E-state index in [1.54, 1.807) is 6.20 Å². The van der Waals surface area contributed by atoms with Crippen LogP contribution in [0.3, 0.4) is 0 Å². The largest absolute Gasteiger partial charge is 0.332 e. The Morgan fingerprint density at radius 2 is 1.90 bits per heavy atom. The Hall–Kier alpha value is -2.42. The fourth-order valence-electron chi connectivity index (χ4n) is 2.54. The summed E-state index contributed by atoms with van der Waals surface area (Å²) >= 11 is 8.35. The minimum Gasteiger partial charge on any atom is -0.332 e. The number of thiocarbonyl (C=S) groups is 1. The standard InChI is InChI=1S/C21H22N4OS3/c1-3-18(19(26)25-21-22-11-12-28-21)29-17-6-4-5-16(13-17)24-20(27)23-15-9-7-14(2)8-10-15/h4-13,18H,3H2,1-2H3,(H,22,25,26)(H2,23,24,27). The summed E-state index contributed by atoms with van der Waals surface area (Å²) in [5.74, 6) is -0.0395. The zero-order valence-electron chi connectivity index (χ0n) is 16.1. The maximum atomic E-state index is 12.5. The number of hydrogen-bond acceptors (Lipinski definition) is 5. The molecular formula is C21H22N4OS3. The SMILES string of the molecule is CCC(Sc1cccc(NC(=S)Nc2ccc(C)cc2)c1)C(=O)Nc1nccs1. The Balaban J connectivity index is 1.59. The lowest BCUT2D eigenvalue weighted by Gasteiger charge is -2.15. The van der Waals surface area contributed by atoms with Crippen LogP contribution in [0.25, 0.3) is 0 Å². The van der Waals surface area contributed by atoms with Gasteiger partial charge in [0, 0.05) is 27.8 Å². The lowest BCUT2D eigenvalue weighted by molar-refractivity contribution is -0.115. The number of aryl methyl sites for hydroxylation is 1. The molecule has 0 fully saturated rings. The van der Waals surface area contributed by atoms with Crippen molar-refractivity contribution in [1.82, 2.24) is 4.98 Å². The van der Waals surface area contributed by atoms with Gasteiger partial charge in [0.1, 0.15) is 0 Å². The summed E-state index contributed by atoms with van der Waals surface area (Å²) in [6.07, 6.45) is 2.39. The van der Waals surface area contributed by atoms with Crippen molar-refractivity contribution in [2.24, 2.45) is 0 Å². The molecule has 1 atom stereocenters. The van der Waals surface area contributed by atoms with E-state index in [0.717, 1.165) is 16.3 Å². The van der Waals surface area contributed by atoms with Crippen LogP contribution in [0.1, 0.15) is 18.9 Å². The maximum absolute atomic E-state index is 12.5. The molecule has 0 saturated carbocycles. The number of thioether (sulfide) groups is 1. The highest BCUT2D eigenvalue weighted by Gasteiger charge is 2.19. The molecule has 0 spiro atoms. The smallest absolute Gasteiger partial charge is 0.239 e. The molecule has 2 aromatic carbocycles. The Morgan fingerprint density at radius 3 is 2.59 bits per heavy atom. The number of thiazole rings is 1. The van der Waals surface area contributed by atoms with Crippen molar-refractivity contribution in [2.45, 2.75) is 30.4 Å². The zero-order valence-corrected chi connectivity index (χ0v) is 18.6. The third kappa shape index (κ3) is 6.56. The van der Waals surface area contributed by atoms with Crippen molar-refractivity contribution < 1.29 is 4.79 Å². The van der Waals surface area contributed by atoms with Gasteiger partial charge in [0.25, 0.3) is 0 Å². The summed E-state index contributed by atoms with van der Waals surface area (Å²) in [5, 5.41) is 12.0. The van der Waals surface area contributed by atoms with E-state index in [2.05, 4.69) is 20.9 Å². The molecule has 5 nitrogen and oxygen atoms in total. The molecule has 3 aromatic rings. The molecule has 1 amide bonds. The molecule has 0 radical (unpaired) electrons. The van der Waals surface area contributed by atoms with Crippen LogP contribution in [0.5, 0.6) is 0 Å². The second kappa shape index (κ2) is 10.4. The fourth-order valence-corrected chi connectivity index (χ4v) is 4.32. The molecule has 0 aliphatic carbocycles. The monoisotopic (exact) mass is 442 g/mol. The third-order valence-electron chi connectivity index (χ3n) is 4.01. The highest BCUT2D eigenvalue weighted by atomic mass is 32.2. The average molecular weight is 443 g/mol. The van der Waals surface area contributed by atoms with Crippen molar-refractivity contribution >= 4 is 62.8 Å². The van der Waals surface area contributed by atoms with Gasteiger partial charge in [0.15, 0.2) is 10.2 Å². The molecule has 1 heterocycles. The molecule has 0 saturated heterocycles. The van der Waals surface area contributed by atoms with Crippen LogP contribution in [-0.2, 0) is 4.79 Å². The number of amides is 1. The van der Waals surface area contributed by atoms with Gasteiger partial charge in [-0.25, -0.2) is 4.98 Å². The molecule has 0 aliphatic rings. The minimum absolute atomic E-state index is 0.0395.